The molecule has 8 heteroatoms. The number of methoxy groups -OCH3 is 1. The molecule has 0 bridgehead atoms. The topological polar surface area (TPSA) is 88.6 Å². The Balaban J connectivity index is 1.49. The number of hydrogen-bond acceptors (Lipinski definition) is 6. The van der Waals surface area contributed by atoms with Crippen LogP contribution in [0.5, 0.6) is 0 Å². The molecule has 0 saturated carbocycles. The number of rotatable bonds is 6. The average molecular weight is 488 g/mol. The van der Waals surface area contributed by atoms with Gasteiger partial charge in [-0.1, -0.05) is 12.1 Å². The summed E-state index contributed by atoms with van der Waals surface area (Å²) in [6.45, 7) is 5.36. The molecule has 4 aromatic rings. The van der Waals surface area contributed by atoms with Crippen LogP contribution in [-0.2, 0) is 11.3 Å². The molecule has 1 N–H and O–H groups in total. The zero-order valence-electron chi connectivity index (χ0n) is 19.8. The molecule has 178 valence electrons. The Morgan fingerprint density at radius 2 is 1.89 bits per heavy atom. The van der Waals surface area contributed by atoms with E-state index in [0.29, 0.717) is 33.9 Å². The summed E-state index contributed by atoms with van der Waals surface area (Å²) < 4.78 is 6.12. The number of aryl methyl sites for hydroxylation is 1. The lowest BCUT2D eigenvalue weighted by atomic mass is 10.0. The second kappa shape index (κ2) is 9.20. The highest BCUT2D eigenvalue weighted by Crippen LogP contribution is 2.37. The predicted octanol–water partition coefficient (Wildman–Crippen LogP) is 5.21. The van der Waals surface area contributed by atoms with Gasteiger partial charge >= 0.3 is 0 Å². The number of amides is 2. The van der Waals surface area contributed by atoms with Gasteiger partial charge in [0.1, 0.15) is 5.82 Å². The highest BCUT2D eigenvalue weighted by molar-refractivity contribution is 7.21. The number of Topliss-reactive ketones (excluding diaryl/α,β-unsaturated/α-hetero) is 1. The Kier molecular flexibility index (Phi) is 6.08. The van der Waals surface area contributed by atoms with E-state index < -0.39 is 0 Å². The Bertz CT molecular complexity index is 1500. The van der Waals surface area contributed by atoms with E-state index in [1.165, 1.54) is 18.3 Å². The minimum atomic E-state index is -0.291. The maximum atomic E-state index is 13.3. The van der Waals surface area contributed by atoms with Crippen LogP contribution in [0, 0.1) is 6.92 Å². The van der Waals surface area contributed by atoms with Crippen LogP contribution >= 0.6 is 11.3 Å². The number of thiophene rings is 1. The fourth-order valence-corrected chi connectivity index (χ4v) is 5.79. The first kappa shape index (κ1) is 23.1. The first-order valence-electron chi connectivity index (χ1n) is 11.4. The second-order valence-corrected chi connectivity index (χ2v) is 9.71. The number of carbonyl (C=O) groups excluding carboxylic acids is 3. The van der Waals surface area contributed by atoms with E-state index in [0.717, 1.165) is 46.1 Å². The van der Waals surface area contributed by atoms with Gasteiger partial charge in [-0.3, -0.25) is 14.4 Å². The number of benzene rings is 2. The van der Waals surface area contributed by atoms with Gasteiger partial charge in [-0.25, -0.2) is 4.98 Å². The zero-order chi connectivity index (χ0) is 24.7. The second-order valence-electron chi connectivity index (χ2n) is 8.69. The third-order valence-corrected chi connectivity index (χ3v) is 7.72. The SMILES string of the molecule is COCc1ccc(C(C)=O)c2sc(C(=O)Nc3ccc4c(C(=O)N5CCC5)cccc4n3)c(C)c12. The van der Waals surface area contributed by atoms with Gasteiger partial charge in [-0.2, -0.15) is 0 Å². The summed E-state index contributed by atoms with van der Waals surface area (Å²) >= 11 is 1.30. The van der Waals surface area contributed by atoms with Crippen LogP contribution in [0.25, 0.3) is 21.0 Å². The highest BCUT2D eigenvalue weighted by Gasteiger charge is 2.24. The summed E-state index contributed by atoms with van der Waals surface area (Å²) in [7, 11) is 1.62. The highest BCUT2D eigenvalue weighted by atomic mass is 32.1. The number of nitrogens with zero attached hydrogens (tertiary/aromatic N) is 2. The number of likely N-dealkylation sites (tertiary alicyclic amines) is 1. The molecule has 0 radical (unpaired) electrons. The van der Waals surface area contributed by atoms with Gasteiger partial charge < -0.3 is 15.0 Å². The van der Waals surface area contributed by atoms with E-state index in [1.807, 2.05) is 42.2 Å². The average Bonchev–Trinajstić information content (AvgIpc) is 3.15. The van der Waals surface area contributed by atoms with E-state index in [-0.39, 0.29) is 17.6 Å². The third-order valence-electron chi connectivity index (χ3n) is 6.40. The molecule has 2 aromatic heterocycles. The number of ketones is 1. The molecule has 5 rings (SSSR count). The quantitative estimate of drug-likeness (QED) is 0.378. The summed E-state index contributed by atoms with van der Waals surface area (Å²) in [5.41, 5.74) is 3.60. The largest absolute Gasteiger partial charge is 0.380 e. The molecule has 7 nitrogen and oxygen atoms in total. The lowest BCUT2D eigenvalue weighted by molar-refractivity contribution is 0.0653. The molecule has 1 aliphatic heterocycles. The molecule has 0 atom stereocenters. The van der Waals surface area contributed by atoms with Gasteiger partial charge in [0, 0.05) is 46.8 Å². The summed E-state index contributed by atoms with van der Waals surface area (Å²) in [6.07, 6.45) is 1.03. The van der Waals surface area contributed by atoms with Crippen LogP contribution < -0.4 is 5.32 Å². The summed E-state index contributed by atoms with van der Waals surface area (Å²) in [4.78, 5) is 45.2. The van der Waals surface area contributed by atoms with E-state index in [4.69, 9.17) is 4.74 Å². The number of pyridine rings is 1. The maximum absolute atomic E-state index is 13.3. The van der Waals surface area contributed by atoms with Gasteiger partial charge in [0.15, 0.2) is 5.78 Å². The van der Waals surface area contributed by atoms with E-state index in [2.05, 4.69) is 10.3 Å². The van der Waals surface area contributed by atoms with Gasteiger partial charge in [0.25, 0.3) is 11.8 Å². The van der Waals surface area contributed by atoms with Crippen molar-refractivity contribution in [3.05, 3.63) is 69.6 Å². The number of anilines is 1. The number of hydrogen-bond donors (Lipinski definition) is 1. The van der Waals surface area contributed by atoms with Gasteiger partial charge in [0.05, 0.1) is 17.0 Å². The van der Waals surface area contributed by atoms with Crippen molar-refractivity contribution in [1.29, 1.82) is 0 Å². The van der Waals surface area contributed by atoms with Crippen LogP contribution in [0.1, 0.15) is 54.9 Å². The standard InChI is InChI=1S/C27H25N3O4S/c1-15-23-17(14-34-3)8-9-18(16(2)31)25(23)35-24(15)26(32)29-22-11-10-19-20(6-4-7-21(19)28-22)27(33)30-12-5-13-30/h4,6-11H,5,12-14H2,1-3H3,(H,28,29,32). The lowest BCUT2D eigenvalue weighted by Crippen LogP contribution is -2.42. The molecule has 1 saturated heterocycles. The van der Waals surface area contributed by atoms with Crippen LogP contribution in [-0.4, -0.2) is 47.7 Å². The van der Waals surface area contributed by atoms with Crippen molar-refractivity contribution in [2.45, 2.75) is 26.9 Å². The van der Waals surface area contributed by atoms with Crippen LogP contribution in [0.3, 0.4) is 0 Å². The molecule has 0 spiro atoms. The molecule has 3 heterocycles. The van der Waals surface area contributed by atoms with Crippen molar-refractivity contribution in [3.8, 4) is 0 Å². The molecule has 2 aromatic carbocycles. The van der Waals surface area contributed by atoms with Gasteiger partial charge in [0.2, 0.25) is 0 Å². The van der Waals surface area contributed by atoms with Crippen molar-refractivity contribution < 1.29 is 19.1 Å². The number of fused-ring (bicyclic) bond motifs is 2. The monoisotopic (exact) mass is 487 g/mol. The summed E-state index contributed by atoms with van der Waals surface area (Å²) in [5.74, 6) is 0.0689. The first-order chi connectivity index (χ1) is 16.9. The summed E-state index contributed by atoms with van der Waals surface area (Å²) in [5, 5.41) is 4.54. The Morgan fingerprint density at radius 3 is 2.57 bits per heavy atom. The molecular formula is C27H25N3O4S. The van der Waals surface area contributed by atoms with Crippen LogP contribution in [0.15, 0.2) is 42.5 Å². The summed E-state index contributed by atoms with van der Waals surface area (Å²) in [6, 6.07) is 12.7. The Hall–Kier alpha value is -3.62. The lowest BCUT2D eigenvalue weighted by Gasteiger charge is -2.31. The van der Waals surface area contributed by atoms with E-state index in [1.54, 1.807) is 19.2 Å². The number of carbonyl (C=O) groups is 3. The first-order valence-corrected chi connectivity index (χ1v) is 12.3. The van der Waals surface area contributed by atoms with Crippen LogP contribution in [0.2, 0.25) is 0 Å². The fourth-order valence-electron chi connectivity index (χ4n) is 4.48. The van der Waals surface area contributed by atoms with Crippen molar-refractivity contribution in [2.24, 2.45) is 0 Å². The van der Waals surface area contributed by atoms with Gasteiger partial charge in [-0.15, -0.1) is 11.3 Å². The van der Waals surface area contributed by atoms with Crippen molar-refractivity contribution >= 4 is 55.7 Å². The zero-order valence-corrected chi connectivity index (χ0v) is 20.6. The normalized spacial score (nSPS) is 13.2. The predicted molar refractivity (Wildman–Crippen MR) is 137 cm³/mol. The minimum Gasteiger partial charge on any atom is -0.380 e. The molecule has 1 fully saturated rings. The molecule has 35 heavy (non-hydrogen) atoms. The van der Waals surface area contributed by atoms with Crippen molar-refractivity contribution in [3.63, 3.8) is 0 Å². The smallest absolute Gasteiger partial charge is 0.267 e. The van der Waals surface area contributed by atoms with E-state index in [9.17, 15) is 14.4 Å². The van der Waals surface area contributed by atoms with Crippen molar-refractivity contribution in [2.75, 3.05) is 25.5 Å². The number of nitrogens with one attached hydrogen (secondary N) is 1. The van der Waals surface area contributed by atoms with Crippen molar-refractivity contribution in [1.82, 2.24) is 9.88 Å². The Labute approximate surface area is 206 Å². The molecule has 0 unspecified atom stereocenters. The number of ether oxygens (including phenoxy) is 1. The molecule has 0 aliphatic carbocycles. The third kappa shape index (κ3) is 4.09. The fraction of sp³-hybridized carbons (Fsp3) is 0.259. The molecular weight excluding hydrogens is 462 g/mol. The van der Waals surface area contributed by atoms with Gasteiger partial charge in [-0.05, 0) is 61.7 Å². The van der Waals surface area contributed by atoms with E-state index >= 15 is 0 Å². The molecule has 1 aliphatic rings. The Morgan fingerprint density at radius 1 is 1.09 bits per heavy atom. The number of aromatic nitrogens is 1. The maximum Gasteiger partial charge on any atom is 0.267 e. The molecule has 2 amide bonds. The minimum absolute atomic E-state index is 0.00877. The van der Waals surface area contributed by atoms with Crippen LogP contribution in [0.4, 0.5) is 5.82 Å².